The number of carbonyl (C=O) groups excluding carboxylic acids is 3. The van der Waals surface area contributed by atoms with E-state index in [9.17, 15) is 24.3 Å². The molecule has 3 rings (SSSR count). The van der Waals surface area contributed by atoms with Gasteiger partial charge in [-0.05, 0) is 44.7 Å². The molecule has 1 fully saturated rings. The fourth-order valence-corrected chi connectivity index (χ4v) is 4.28. The minimum absolute atomic E-state index is 0.249. The molecule has 2 aromatic carbocycles. The Morgan fingerprint density at radius 3 is 2.05 bits per heavy atom. The van der Waals surface area contributed by atoms with E-state index in [4.69, 9.17) is 4.74 Å². The first-order chi connectivity index (χ1) is 17.5. The van der Waals surface area contributed by atoms with Crippen molar-refractivity contribution in [1.29, 1.82) is 0 Å². The number of nitrogens with one attached hydrogen (secondary N) is 2. The van der Waals surface area contributed by atoms with Crippen molar-refractivity contribution in [3.8, 4) is 0 Å². The second-order valence-corrected chi connectivity index (χ2v) is 10.2. The first-order valence-electron chi connectivity index (χ1n) is 12.4. The number of alkyl carbamates (subject to hydrolysis) is 1. The van der Waals surface area contributed by atoms with Crippen LogP contribution in [0, 0.1) is 5.92 Å². The molecule has 0 aliphatic carbocycles. The number of ether oxygens (including phenoxy) is 1. The van der Waals surface area contributed by atoms with E-state index in [2.05, 4.69) is 10.6 Å². The fraction of sp³-hybridized carbons (Fsp3) is 0.429. The molecule has 0 bridgehead atoms. The molecule has 0 saturated carbocycles. The molecule has 2 aromatic rings. The van der Waals surface area contributed by atoms with Crippen molar-refractivity contribution in [3.05, 3.63) is 71.8 Å². The Morgan fingerprint density at radius 1 is 0.946 bits per heavy atom. The molecule has 1 heterocycles. The van der Waals surface area contributed by atoms with Gasteiger partial charge in [0.15, 0.2) is 6.04 Å². The molecule has 9 heteroatoms. The number of aliphatic carboxylic acids is 1. The molecule has 0 radical (unpaired) electrons. The number of carboxylic acid groups (broad SMARTS) is 1. The minimum Gasteiger partial charge on any atom is -0.479 e. The molecule has 1 aliphatic rings. The van der Waals surface area contributed by atoms with Crippen LogP contribution in [0.2, 0.25) is 0 Å². The molecule has 2 atom stereocenters. The van der Waals surface area contributed by atoms with E-state index in [0.29, 0.717) is 37.9 Å². The van der Waals surface area contributed by atoms with Crippen LogP contribution in [0.4, 0.5) is 4.79 Å². The summed E-state index contributed by atoms with van der Waals surface area (Å²) >= 11 is 0. The molecular formula is C28H35N3O6. The first-order valence-corrected chi connectivity index (χ1v) is 12.4. The zero-order valence-electron chi connectivity index (χ0n) is 21.5. The topological polar surface area (TPSA) is 125 Å². The molecular weight excluding hydrogens is 474 g/mol. The van der Waals surface area contributed by atoms with Gasteiger partial charge in [-0.2, -0.15) is 0 Å². The normalized spacial score (nSPS) is 15.8. The third kappa shape index (κ3) is 8.34. The highest BCUT2D eigenvalue weighted by atomic mass is 16.6. The summed E-state index contributed by atoms with van der Waals surface area (Å²) in [7, 11) is 0. The van der Waals surface area contributed by atoms with E-state index < -0.39 is 35.7 Å². The fourth-order valence-electron chi connectivity index (χ4n) is 4.28. The average molecular weight is 510 g/mol. The summed E-state index contributed by atoms with van der Waals surface area (Å²) in [5, 5.41) is 14.9. The summed E-state index contributed by atoms with van der Waals surface area (Å²) in [6, 6.07) is 16.0. The Kier molecular flexibility index (Phi) is 9.27. The maximum atomic E-state index is 13.4. The van der Waals surface area contributed by atoms with Gasteiger partial charge in [-0.25, -0.2) is 9.59 Å². The Morgan fingerprint density at radius 2 is 1.51 bits per heavy atom. The number of carbonyl (C=O) groups is 4. The number of likely N-dealkylation sites (tertiary alicyclic amines) is 1. The van der Waals surface area contributed by atoms with Crippen LogP contribution in [0.15, 0.2) is 60.7 Å². The van der Waals surface area contributed by atoms with Crippen LogP contribution in [0.5, 0.6) is 0 Å². The number of hydrogen-bond acceptors (Lipinski definition) is 5. The van der Waals surface area contributed by atoms with Crippen molar-refractivity contribution in [2.24, 2.45) is 5.92 Å². The van der Waals surface area contributed by atoms with Gasteiger partial charge in [0.1, 0.15) is 11.6 Å². The number of benzene rings is 2. The third-order valence-corrected chi connectivity index (χ3v) is 6.12. The molecule has 198 valence electrons. The number of amides is 3. The summed E-state index contributed by atoms with van der Waals surface area (Å²) in [6.07, 6.45) is 0.417. The smallest absolute Gasteiger partial charge is 0.408 e. The van der Waals surface area contributed by atoms with E-state index in [-0.39, 0.29) is 11.8 Å². The maximum Gasteiger partial charge on any atom is 0.408 e. The Labute approximate surface area is 217 Å². The number of nitrogens with zero attached hydrogens (tertiary/aromatic N) is 1. The van der Waals surface area contributed by atoms with Gasteiger partial charge in [0.05, 0.1) is 0 Å². The van der Waals surface area contributed by atoms with Crippen LogP contribution in [0.3, 0.4) is 0 Å². The van der Waals surface area contributed by atoms with E-state index in [1.54, 1.807) is 56.0 Å². The molecule has 3 amide bonds. The number of piperidine rings is 1. The molecule has 0 aromatic heterocycles. The van der Waals surface area contributed by atoms with E-state index in [0.717, 1.165) is 5.56 Å². The summed E-state index contributed by atoms with van der Waals surface area (Å²) in [6.45, 7) is 5.90. The van der Waals surface area contributed by atoms with Gasteiger partial charge in [0.2, 0.25) is 11.8 Å². The molecule has 1 saturated heterocycles. The van der Waals surface area contributed by atoms with Crippen molar-refractivity contribution in [2.45, 2.75) is 57.7 Å². The Balaban J connectivity index is 1.62. The van der Waals surface area contributed by atoms with Crippen LogP contribution >= 0.6 is 0 Å². The predicted octanol–water partition coefficient (Wildman–Crippen LogP) is 3.30. The summed E-state index contributed by atoms with van der Waals surface area (Å²) in [5.74, 6) is -2.15. The Hall–Kier alpha value is -3.88. The first kappa shape index (κ1) is 27.7. The van der Waals surface area contributed by atoms with Gasteiger partial charge in [-0.15, -0.1) is 0 Å². The summed E-state index contributed by atoms with van der Waals surface area (Å²) in [5.41, 5.74) is 0.684. The quantitative estimate of drug-likeness (QED) is 0.502. The highest BCUT2D eigenvalue weighted by Crippen LogP contribution is 2.21. The molecule has 9 nitrogen and oxygen atoms in total. The third-order valence-electron chi connectivity index (χ3n) is 6.12. The van der Waals surface area contributed by atoms with Crippen molar-refractivity contribution in [1.82, 2.24) is 15.5 Å². The monoisotopic (exact) mass is 509 g/mol. The van der Waals surface area contributed by atoms with Crippen molar-refractivity contribution in [2.75, 3.05) is 13.1 Å². The van der Waals surface area contributed by atoms with E-state index in [1.165, 1.54) is 0 Å². The molecule has 0 spiro atoms. The zero-order valence-corrected chi connectivity index (χ0v) is 21.5. The van der Waals surface area contributed by atoms with Gasteiger partial charge in [-0.3, -0.25) is 9.59 Å². The lowest BCUT2D eigenvalue weighted by molar-refractivity contribution is -0.143. The number of hydrogen-bond donors (Lipinski definition) is 3. The zero-order chi connectivity index (χ0) is 27.0. The lowest BCUT2D eigenvalue weighted by atomic mass is 9.94. The molecule has 3 N–H and O–H groups in total. The lowest BCUT2D eigenvalue weighted by Gasteiger charge is -2.34. The lowest BCUT2D eigenvalue weighted by Crippen LogP contribution is -2.53. The largest absolute Gasteiger partial charge is 0.479 e. The molecule has 0 unspecified atom stereocenters. The second kappa shape index (κ2) is 12.4. The van der Waals surface area contributed by atoms with E-state index in [1.807, 2.05) is 30.3 Å². The number of carboxylic acids is 1. The van der Waals surface area contributed by atoms with Crippen molar-refractivity contribution in [3.63, 3.8) is 0 Å². The summed E-state index contributed by atoms with van der Waals surface area (Å²) < 4.78 is 5.36. The van der Waals surface area contributed by atoms with Crippen LogP contribution in [-0.2, 0) is 25.5 Å². The Bertz CT molecular complexity index is 1080. The molecule has 37 heavy (non-hydrogen) atoms. The van der Waals surface area contributed by atoms with Gasteiger partial charge in [0, 0.05) is 25.4 Å². The molecule has 1 aliphatic heterocycles. The van der Waals surface area contributed by atoms with Gasteiger partial charge in [-0.1, -0.05) is 60.7 Å². The van der Waals surface area contributed by atoms with Crippen molar-refractivity contribution < 1.29 is 29.0 Å². The summed E-state index contributed by atoms with van der Waals surface area (Å²) in [4.78, 5) is 52.1. The van der Waals surface area contributed by atoms with E-state index >= 15 is 0 Å². The highest BCUT2D eigenvalue weighted by Gasteiger charge is 2.34. The minimum atomic E-state index is -1.14. The van der Waals surface area contributed by atoms with Crippen LogP contribution < -0.4 is 10.6 Å². The number of rotatable bonds is 8. The van der Waals surface area contributed by atoms with Gasteiger partial charge < -0.3 is 25.4 Å². The van der Waals surface area contributed by atoms with Gasteiger partial charge in [0.25, 0.3) is 0 Å². The predicted molar refractivity (Wildman–Crippen MR) is 138 cm³/mol. The van der Waals surface area contributed by atoms with Crippen LogP contribution in [0.1, 0.15) is 50.8 Å². The standard InChI is InChI=1S/C28H35N3O6/c1-28(2,3)37-27(36)29-22(18-19-10-6-4-7-11-19)25(33)31-16-14-21(15-17-31)24(32)30-23(26(34)35)20-12-8-5-9-13-20/h4-13,21-23H,14-18H2,1-3H3,(H,29,36)(H,30,32)(H,34,35)/t22-,23-/m0/s1. The van der Waals surface area contributed by atoms with Crippen molar-refractivity contribution >= 4 is 23.9 Å². The van der Waals surface area contributed by atoms with Gasteiger partial charge >= 0.3 is 12.1 Å². The second-order valence-electron chi connectivity index (χ2n) is 10.2. The highest BCUT2D eigenvalue weighted by molar-refractivity contribution is 5.88. The average Bonchev–Trinajstić information content (AvgIpc) is 2.86. The van der Waals surface area contributed by atoms with Crippen LogP contribution in [0.25, 0.3) is 0 Å². The van der Waals surface area contributed by atoms with Crippen LogP contribution in [-0.4, -0.2) is 58.6 Å². The SMILES string of the molecule is CC(C)(C)OC(=O)N[C@@H](Cc1ccccc1)C(=O)N1CCC(C(=O)N[C@H](C(=O)O)c2ccccc2)CC1. The maximum absolute atomic E-state index is 13.4.